The number of carbonyl (C=O) groups excluding carboxylic acids is 1. The number of quaternary nitrogens is 1. The van der Waals surface area contributed by atoms with Gasteiger partial charge in [0.1, 0.15) is 0 Å². The van der Waals surface area contributed by atoms with E-state index in [2.05, 4.69) is 5.73 Å². The lowest BCUT2D eigenvalue weighted by atomic mass is 11.5. The van der Waals surface area contributed by atoms with E-state index < -0.39 is 5.09 Å². The Morgan fingerprint density at radius 2 is 1.50 bits per heavy atom. The maximum atomic E-state index is 8.58. The van der Waals surface area contributed by atoms with Crippen molar-refractivity contribution in [2.45, 2.75) is 0 Å². The summed E-state index contributed by atoms with van der Waals surface area (Å²) in [4.78, 5) is 16.8. The van der Waals surface area contributed by atoms with Crippen LogP contribution in [0.1, 0.15) is 0 Å². The van der Waals surface area contributed by atoms with E-state index in [0.717, 1.165) is 0 Å². The summed E-state index contributed by atoms with van der Waals surface area (Å²) in [6.07, 6.45) is 0.250. The first-order chi connectivity index (χ1) is 3.15. The molecule has 0 rings (SSSR count). The molecule has 0 aliphatic heterocycles. The minimum Gasteiger partial charge on any atom is -0.372 e. The summed E-state index contributed by atoms with van der Waals surface area (Å²) < 4.78 is 0. The van der Waals surface area contributed by atoms with Crippen LogP contribution in [0.25, 0.3) is 0 Å². The van der Waals surface area contributed by atoms with Gasteiger partial charge in [-0.15, -0.1) is 0 Å². The van der Waals surface area contributed by atoms with Gasteiger partial charge in [-0.05, 0) is 0 Å². The smallest absolute Gasteiger partial charge is 0.204 e. The Hall–Kier alpha value is -1.37. The second-order valence-corrected chi connectivity index (χ2v) is 0.360. The van der Waals surface area contributed by atoms with E-state index in [1.807, 2.05) is 0 Å². The number of nitrogens with zero attached hydrogens (tertiary/aromatic N) is 1. The van der Waals surface area contributed by atoms with Gasteiger partial charge in [0.25, 0.3) is 0 Å². The lowest BCUT2D eigenvalue weighted by Crippen LogP contribution is -1.82. The van der Waals surface area contributed by atoms with Crippen LogP contribution >= 0.6 is 0 Å². The third-order valence-corrected chi connectivity index (χ3v) is 0. The first-order valence-electron chi connectivity index (χ1n) is 1.12. The summed E-state index contributed by atoms with van der Waals surface area (Å²) in [5.74, 6) is 0. The summed E-state index contributed by atoms with van der Waals surface area (Å²) in [5.41, 5.74) is 4.17. The summed E-state index contributed by atoms with van der Waals surface area (Å²) in [5, 5.41) is 14.8. The molecule has 7 heteroatoms. The van der Waals surface area contributed by atoms with Crippen molar-refractivity contribution in [3.05, 3.63) is 15.3 Å². The van der Waals surface area contributed by atoms with E-state index in [9.17, 15) is 0 Å². The molecule has 8 heavy (non-hydrogen) atoms. The zero-order valence-electron chi connectivity index (χ0n) is 4.23. The highest BCUT2D eigenvalue weighted by atomic mass is 16.9. The first-order valence-corrected chi connectivity index (χ1v) is 1.12. The van der Waals surface area contributed by atoms with Crippen molar-refractivity contribution >= 4 is 6.41 Å². The van der Waals surface area contributed by atoms with Crippen LogP contribution in [0.4, 0.5) is 0 Å². The van der Waals surface area contributed by atoms with Gasteiger partial charge in [0.2, 0.25) is 6.41 Å². The highest BCUT2D eigenvalue weighted by molar-refractivity contribution is 5.42. The molecule has 7 nitrogen and oxygen atoms in total. The van der Waals surface area contributed by atoms with Gasteiger partial charge in [0.15, 0.2) is 0 Å². The van der Waals surface area contributed by atoms with Crippen LogP contribution in [0.15, 0.2) is 0 Å². The van der Waals surface area contributed by atoms with E-state index in [1.54, 1.807) is 0 Å². The average molecular weight is 125 g/mol. The zero-order valence-corrected chi connectivity index (χ0v) is 4.23. The van der Waals surface area contributed by atoms with Gasteiger partial charge in [0, 0.05) is 0 Å². The van der Waals surface area contributed by atoms with E-state index in [-0.39, 0.29) is 12.6 Å². The van der Waals surface area contributed by atoms with E-state index in [4.69, 9.17) is 20.1 Å². The largest absolute Gasteiger partial charge is 0.372 e. The van der Waals surface area contributed by atoms with Gasteiger partial charge in [-0.3, -0.25) is 4.79 Å². The number of amides is 1. The Morgan fingerprint density at radius 1 is 1.50 bits per heavy atom. The molecule has 0 saturated heterocycles. The quantitative estimate of drug-likeness (QED) is 0.248. The minimum atomic E-state index is -1.75. The van der Waals surface area contributed by atoms with Crippen LogP contribution in [0.3, 0.4) is 0 Å². The molecule has 50 valence electrons. The van der Waals surface area contributed by atoms with Crippen LogP contribution in [0.2, 0.25) is 0 Å². The number of hydrogen-bond acceptors (Lipinski definition) is 4. The zero-order chi connectivity index (χ0) is 6.28. The molecular formula is CH7N3O4. The molecule has 0 atom stereocenters. The molecule has 1 amide bonds. The molecule has 0 aromatic carbocycles. The maximum absolute atomic E-state index is 8.58. The molecule has 0 aliphatic carbocycles. The van der Waals surface area contributed by atoms with Crippen molar-refractivity contribution in [1.29, 1.82) is 0 Å². The van der Waals surface area contributed by atoms with Crippen LogP contribution in [-0.2, 0) is 4.79 Å². The van der Waals surface area contributed by atoms with Gasteiger partial charge in [-0.1, -0.05) is 0 Å². The van der Waals surface area contributed by atoms with Gasteiger partial charge in [0.05, 0.1) is 5.09 Å². The van der Waals surface area contributed by atoms with Crippen molar-refractivity contribution in [3.8, 4) is 0 Å². The highest BCUT2D eigenvalue weighted by Crippen LogP contribution is 1.44. The molecule has 0 bridgehead atoms. The standard InChI is InChI=1S/CH3NO.NO3.H3N/c2-1-3;2-1(3)4;/h1H,(H2,2,3);;1H3/q;-1;/p+1. The molecule has 0 aliphatic rings. The number of hydrogen-bond donors (Lipinski definition) is 2. The van der Waals surface area contributed by atoms with Crippen LogP contribution in [0, 0.1) is 15.3 Å². The molecule has 0 unspecified atom stereocenters. The van der Waals surface area contributed by atoms with Crippen molar-refractivity contribution in [2.75, 3.05) is 0 Å². The second kappa shape index (κ2) is 17.4. The fourth-order valence-electron chi connectivity index (χ4n) is 0. The minimum absolute atomic E-state index is 0. The average Bonchev–Trinajstić information content (AvgIpc) is 1.33. The van der Waals surface area contributed by atoms with Crippen molar-refractivity contribution < 1.29 is 9.88 Å². The van der Waals surface area contributed by atoms with E-state index >= 15 is 0 Å². The maximum Gasteiger partial charge on any atom is 0.204 e. The van der Waals surface area contributed by atoms with Gasteiger partial charge < -0.3 is 27.2 Å². The van der Waals surface area contributed by atoms with Crippen LogP contribution in [0.5, 0.6) is 0 Å². The van der Waals surface area contributed by atoms with Crippen molar-refractivity contribution in [3.63, 3.8) is 0 Å². The Labute approximate surface area is 44.8 Å². The topological polar surface area (TPSA) is 146 Å². The molecule has 0 fully saturated rings. The third-order valence-electron chi connectivity index (χ3n) is 0. The van der Waals surface area contributed by atoms with Crippen molar-refractivity contribution in [2.24, 2.45) is 5.73 Å². The molecular weight excluding hydrogens is 118 g/mol. The summed E-state index contributed by atoms with van der Waals surface area (Å²) >= 11 is 0. The number of nitrogens with two attached hydrogens (primary N) is 1. The predicted molar refractivity (Wildman–Crippen MR) is 26.6 cm³/mol. The number of primary amides is 1. The molecule has 0 radical (unpaired) electrons. The van der Waals surface area contributed by atoms with Gasteiger partial charge in [-0.2, -0.15) is 0 Å². The summed E-state index contributed by atoms with van der Waals surface area (Å²) in [6.45, 7) is 0. The SMILES string of the molecule is NC=O.O=[N+]([O-])[O-].[NH4+]. The van der Waals surface area contributed by atoms with E-state index in [0.29, 0.717) is 0 Å². The van der Waals surface area contributed by atoms with Gasteiger partial charge >= 0.3 is 0 Å². The van der Waals surface area contributed by atoms with Gasteiger partial charge in [-0.25, -0.2) is 0 Å². The summed E-state index contributed by atoms with van der Waals surface area (Å²) in [7, 11) is 0. The molecule has 0 saturated carbocycles. The first kappa shape index (κ1) is 15.9. The molecule has 6 N–H and O–H groups in total. The normalized spacial score (nSPS) is 4.50. The Morgan fingerprint density at radius 3 is 1.50 bits per heavy atom. The van der Waals surface area contributed by atoms with Crippen molar-refractivity contribution in [1.82, 2.24) is 6.15 Å². The van der Waals surface area contributed by atoms with E-state index in [1.165, 1.54) is 0 Å². The Kier molecular flexibility index (Phi) is 34.8. The lowest BCUT2D eigenvalue weighted by Gasteiger charge is -1.74. The fraction of sp³-hybridized carbons (Fsp3) is 0. The fourth-order valence-corrected chi connectivity index (χ4v) is 0. The summed E-state index contributed by atoms with van der Waals surface area (Å²) in [6, 6.07) is 0. The van der Waals surface area contributed by atoms with Crippen LogP contribution < -0.4 is 11.9 Å². The molecule has 0 heterocycles. The molecule has 0 aromatic heterocycles. The number of carbonyl (C=O) groups is 1. The Bertz CT molecular complexity index is 58.3. The molecule has 0 aromatic rings. The molecule has 0 spiro atoms. The Balaban J connectivity index is -0.0000000575. The third kappa shape index (κ3) is 32.5. The van der Waals surface area contributed by atoms with Crippen LogP contribution in [-0.4, -0.2) is 11.5 Å². The predicted octanol–water partition coefficient (Wildman–Crippen LogP) is -0.761. The monoisotopic (exact) mass is 125 g/mol. The number of rotatable bonds is 0. The second-order valence-electron chi connectivity index (χ2n) is 0.360. The lowest BCUT2D eigenvalue weighted by molar-refractivity contribution is -0.402. The highest BCUT2D eigenvalue weighted by Gasteiger charge is 1.45.